The van der Waals surface area contributed by atoms with Gasteiger partial charge in [-0.25, -0.2) is 12.7 Å². The molecule has 1 aromatic carbocycles. The summed E-state index contributed by atoms with van der Waals surface area (Å²) in [5, 5.41) is 0. The Balaban J connectivity index is 0.00000180. The molecule has 0 amide bonds. The van der Waals surface area contributed by atoms with E-state index in [1.54, 1.807) is 12.1 Å². The number of halogens is 2. The predicted octanol–water partition coefficient (Wildman–Crippen LogP) is 1.32. The first-order valence-electron chi connectivity index (χ1n) is 5.94. The maximum atomic E-state index is 11.9. The highest BCUT2D eigenvalue weighted by molar-refractivity contribution is 7.89. The van der Waals surface area contributed by atoms with Gasteiger partial charge in [0.05, 0.1) is 4.90 Å². The third-order valence-corrected chi connectivity index (χ3v) is 5.03. The number of hydrogen-bond acceptors (Lipinski definition) is 4. The molecule has 20 heavy (non-hydrogen) atoms. The highest BCUT2D eigenvalue weighted by Crippen LogP contribution is 2.22. The van der Waals surface area contributed by atoms with Crippen molar-refractivity contribution in [2.45, 2.75) is 17.4 Å². The van der Waals surface area contributed by atoms with Gasteiger partial charge in [0.1, 0.15) is 0 Å². The molecule has 1 aliphatic heterocycles. The predicted molar refractivity (Wildman–Crippen MR) is 86.6 cm³/mol. The van der Waals surface area contributed by atoms with Gasteiger partial charge >= 0.3 is 0 Å². The van der Waals surface area contributed by atoms with Gasteiger partial charge in [0.25, 0.3) is 0 Å². The first-order chi connectivity index (χ1) is 8.41. The Morgan fingerprint density at radius 3 is 2.15 bits per heavy atom. The molecule has 8 heteroatoms. The van der Waals surface area contributed by atoms with Gasteiger partial charge in [0, 0.05) is 38.9 Å². The van der Waals surface area contributed by atoms with Crippen LogP contribution in [0, 0.1) is 0 Å². The quantitative estimate of drug-likeness (QED) is 0.900. The van der Waals surface area contributed by atoms with Crippen molar-refractivity contribution in [2.24, 2.45) is 5.73 Å². The molecule has 5 nitrogen and oxygen atoms in total. The maximum absolute atomic E-state index is 11.9. The topological polar surface area (TPSA) is 66.6 Å². The van der Waals surface area contributed by atoms with Crippen LogP contribution in [-0.4, -0.2) is 45.9 Å². The molecule has 1 saturated heterocycles. The molecule has 2 N–H and O–H groups in total. The third kappa shape index (κ3) is 3.99. The number of rotatable bonds is 3. The summed E-state index contributed by atoms with van der Waals surface area (Å²) in [7, 11) is -0.277. The lowest BCUT2D eigenvalue weighted by Crippen LogP contribution is -2.26. The Kier molecular flexibility index (Phi) is 7.27. The second-order valence-corrected chi connectivity index (χ2v) is 6.93. The van der Waals surface area contributed by atoms with Gasteiger partial charge in [-0.2, -0.15) is 0 Å². The van der Waals surface area contributed by atoms with Crippen LogP contribution in [0.5, 0.6) is 0 Å². The molecule has 0 aromatic heterocycles. The summed E-state index contributed by atoms with van der Waals surface area (Å²) in [5.74, 6) is 0. The van der Waals surface area contributed by atoms with Crippen molar-refractivity contribution >= 4 is 40.5 Å². The van der Waals surface area contributed by atoms with E-state index in [1.165, 1.54) is 18.4 Å². The average Bonchev–Trinajstić information content (AvgIpc) is 2.76. The average molecular weight is 342 g/mol. The zero-order valence-corrected chi connectivity index (χ0v) is 14.0. The smallest absolute Gasteiger partial charge is 0.242 e. The van der Waals surface area contributed by atoms with Crippen molar-refractivity contribution in [2.75, 3.05) is 32.1 Å². The molecule has 1 aromatic rings. The highest BCUT2D eigenvalue weighted by Gasteiger charge is 2.21. The second kappa shape index (κ2) is 7.47. The lowest BCUT2D eigenvalue weighted by atomic mass is 10.3. The number of sulfonamides is 1. The molecular weight excluding hydrogens is 321 g/mol. The van der Waals surface area contributed by atoms with Gasteiger partial charge in [-0.1, -0.05) is 0 Å². The molecule has 116 valence electrons. The molecule has 0 radical (unpaired) electrons. The van der Waals surface area contributed by atoms with E-state index in [-0.39, 0.29) is 30.9 Å². The number of benzene rings is 1. The van der Waals surface area contributed by atoms with Crippen LogP contribution < -0.4 is 10.6 Å². The Morgan fingerprint density at radius 1 is 1.20 bits per heavy atom. The molecule has 0 bridgehead atoms. The lowest BCUT2D eigenvalue weighted by molar-refractivity contribution is 0.521. The van der Waals surface area contributed by atoms with Gasteiger partial charge in [-0.05, 0) is 30.7 Å². The summed E-state index contributed by atoms with van der Waals surface area (Å²) in [6, 6.07) is 7.20. The van der Waals surface area contributed by atoms with Crippen molar-refractivity contribution in [3.63, 3.8) is 0 Å². The van der Waals surface area contributed by atoms with Crippen LogP contribution in [0.15, 0.2) is 29.2 Å². The van der Waals surface area contributed by atoms with Crippen LogP contribution in [0.3, 0.4) is 0 Å². The molecule has 2 rings (SSSR count). The van der Waals surface area contributed by atoms with Crippen molar-refractivity contribution in [3.05, 3.63) is 24.3 Å². The zero-order chi connectivity index (χ0) is 13.3. The summed E-state index contributed by atoms with van der Waals surface area (Å²) < 4.78 is 25.0. The van der Waals surface area contributed by atoms with E-state index in [0.717, 1.165) is 25.2 Å². The molecule has 1 unspecified atom stereocenters. The maximum Gasteiger partial charge on any atom is 0.242 e. The largest absolute Gasteiger partial charge is 0.370 e. The van der Waals surface area contributed by atoms with E-state index in [4.69, 9.17) is 5.73 Å². The van der Waals surface area contributed by atoms with Gasteiger partial charge in [-0.15, -0.1) is 24.8 Å². The Bertz CT molecular complexity index is 520. The van der Waals surface area contributed by atoms with Crippen molar-refractivity contribution in [3.8, 4) is 0 Å². The van der Waals surface area contributed by atoms with E-state index in [2.05, 4.69) is 4.90 Å². The van der Waals surface area contributed by atoms with Gasteiger partial charge < -0.3 is 10.6 Å². The highest BCUT2D eigenvalue weighted by atomic mass is 35.5. The second-order valence-electron chi connectivity index (χ2n) is 4.78. The molecule has 1 atom stereocenters. The lowest BCUT2D eigenvalue weighted by Gasteiger charge is -2.19. The monoisotopic (exact) mass is 341 g/mol. The Morgan fingerprint density at radius 2 is 1.75 bits per heavy atom. The van der Waals surface area contributed by atoms with Crippen LogP contribution in [0.4, 0.5) is 5.69 Å². The summed E-state index contributed by atoms with van der Waals surface area (Å²) in [5.41, 5.74) is 6.89. The number of nitrogens with two attached hydrogens (primary N) is 1. The van der Waals surface area contributed by atoms with Crippen molar-refractivity contribution in [1.29, 1.82) is 0 Å². The fraction of sp³-hybridized carbons (Fsp3) is 0.500. The van der Waals surface area contributed by atoms with Crippen LogP contribution in [0.1, 0.15) is 6.42 Å². The SMILES string of the molecule is CN(C)S(=O)(=O)c1ccc(N2CCC(N)C2)cc1.Cl.Cl. The third-order valence-electron chi connectivity index (χ3n) is 3.21. The summed E-state index contributed by atoms with van der Waals surface area (Å²) in [4.78, 5) is 2.50. The Labute approximate surface area is 133 Å². The van der Waals surface area contributed by atoms with E-state index in [9.17, 15) is 8.42 Å². The van der Waals surface area contributed by atoms with E-state index < -0.39 is 10.0 Å². The molecule has 0 aliphatic carbocycles. The molecule has 1 heterocycles. The van der Waals surface area contributed by atoms with Gasteiger partial charge in [-0.3, -0.25) is 0 Å². The first-order valence-corrected chi connectivity index (χ1v) is 7.38. The molecule has 1 fully saturated rings. The van der Waals surface area contributed by atoms with Gasteiger partial charge in [0.15, 0.2) is 0 Å². The van der Waals surface area contributed by atoms with Gasteiger partial charge in [0.2, 0.25) is 10.0 Å². The number of hydrogen-bond donors (Lipinski definition) is 1. The minimum atomic E-state index is -3.34. The number of nitrogens with zero attached hydrogens (tertiary/aromatic N) is 2. The molecule has 0 saturated carbocycles. The van der Waals surface area contributed by atoms with Crippen LogP contribution >= 0.6 is 24.8 Å². The van der Waals surface area contributed by atoms with Crippen LogP contribution in [0.2, 0.25) is 0 Å². The fourth-order valence-electron chi connectivity index (χ4n) is 2.06. The number of anilines is 1. The zero-order valence-electron chi connectivity index (χ0n) is 11.5. The Hall–Kier alpha value is -0.530. The summed E-state index contributed by atoms with van der Waals surface area (Å²) in [6.45, 7) is 1.76. The molecule has 0 spiro atoms. The van der Waals surface area contributed by atoms with Crippen molar-refractivity contribution < 1.29 is 8.42 Å². The normalized spacial score (nSPS) is 18.6. The van der Waals surface area contributed by atoms with E-state index in [0.29, 0.717) is 4.90 Å². The van der Waals surface area contributed by atoms with E-state index >= 15 is 0 Å². The minimum Gasteiger partial charge on any atom is -0.370 e. The molecule has 1 aliphatic rings. The van der Waals surface area contributed by atoms with Crippen LogP contribution in [-0.2, 0) is 10.0 Å². The van der Waals surface area contributed by atoms with Crippen molar-refractivity contribution in [1.82, 2.24) is 4.31 Å². The standard InChI is InChI=1S/C12H19N3O2S.2ClH/c1-14(2)18(16,17)12-5-3-11(4-6-12)15-8-7-10(13)9-15;;/h3-6,10H,7-9,13H2,1-2H3;2*1H. The fourth-order valence-corrected chi connectivity index (χ4v) is 2.96. The van der Waals surface area contributed by atoms with Crippen LogP contribution in [0.25, 0.3) is 0 Å². The molecular formula is C12H21Cl2N3O2S. The summed E-state index contributed by atoms with van der Waals surface area (Å²) >= 11 is 0. The first kappa shape index (κ1) is 19.5. The minimum absolute atomic E-state index is 0. The summed E-state index contributed by atoms with van der Waals surface area (Å²) in [6.07, 6.45) is 0.984. The van der Waals surface area contributed by atoms with E-state index in [1.807, 2.05) is 12.1 Å².